The number of nitrogens with one attached hydrogen (secondary N) is 1. The van der Waals surface area contributed by atoms with Crippen LogP contribution in [0.5, 0.6) is 0 Å². The highest BCUT2D eigenvalue weighted by atomic mass is 19.4. The monoisotopic (exact) mass is 462 g/mol. The Bertz CT molecular complexity index is 1220. The molecule has 0 aliphatic rings. The molecule has 174 valence electrons. The van der Waals surface area contributed by atoms with Gasteiger partial charge < -0.3 is 10.2 Å². The van der Waals surface area contributed by atoms with Gasteiger partial charge in [-0.05, 0) is 56.9 Å². The lowest BCUT2D eigenvalue weighted by Gasteiger charge is -2.25. The number of aromatic nitrogens is 2. The Balaban J connectivity index is 1.89. The van der Waals surface area contributed by atoms with Gasteiger partial charge in [0.25, 0.3) is 5.91 Å². The SMILES string of the molecule is Cc1cc(=O)c(C(=O)NCC(c2cccc(F)c2)N(C)C)nn1-c1cccc(C(F)(F)F)c1. The van der Waals surface area contributed by atoms with Crippen LogP contribution in [0.3, 0.4) is 0 Å². The summed E-state index contributed by atoms with van der Waals surface area (Å²) < 4.78 is 54.0. The van der Waals surface area contributed by atoms with E-state index in [-0.39, 0.29) is 24.0 Å². The lowest BCUT2D eigenvalue weighted by molar-refractivity contribution is -0.137. The first-order chi connectivity index (χ1) is 15.5. The zero-order chi connectivity index (χ0) is 24.3. The van der Waals surface area contributed by atoms with Crippen molar-refractivity contribution in [3.63, 3.8) is 0 Å². The lowest BCUT2D eigenvalue weighted by Crippen LogP contribution is -2.37. The summed E-state index contributed by atoms with van der Waals surface area (Å²) >= 11 is 0. The second kappa shape index (κ2) is 9.53. The number of amides is 1. The van der Waals surface area contributed by atoms with Gasteiger partial charge in [-0.25, -0.2) is 9.07 Å². The third-order valence-corrected chi connectivity index (χ3v) is 5.05. The van der Waals surface area contributed by atoms with Gasteiger partial charge >= 0.3 is 6.18 Å². The number of likely N-dealkylation sites (N-methyl/N-ethyl adjacent to an activating group) is 1. The van der Waals surface area contributed by atoms with E-state index in [4.69, 9.17) is 0 Å². The highest BCUT2D eigenvalue weighted by Gasteiger charge is 2.30. The molecular weight excluding hydrogens is 440 g/mol. The van der Waals surface area contributed by atoms with E-state index >= 15 is 0 Å². The molecule has 1 N–H and O–H groups in total. The summed E-state index contributed by atoms with van der Waals surface area (Å²) in [4.78, 5) is 26.9. The normalized spacial score (nSPS) is 12.6. The number of alkyl halides is 3. The molecule has 0 radical (unpaired) electrons. The number of hydrogen-bond donors (Lipinski definition) is 1. The molecular formula is C23H22F4N4O2. The molecule has 3 aromatic rings. The summed E-state index contributed by atoms with van der Waals surface area (Å²) in [6.07, 6.45) is -4.55. The molecule has 0 saturated heterocycles. The Kier molecular flexibility index (Phi) is 6.97. The van der Waals surface area contributed by atoms with E-state index in [1.807, 2.05) is 0 Å². The second-order valence-corrected chi connectivity index (χ2v) is 7.70. The van der Waals surface area contributed by atoms with Crippen LogP contribution in [0.2, 0.25) is 0 Å². The summed E-state index contributed by atoms with van der Waals surface area (Å²) in [5, 5.41) is 6.64. The van der Waals surface area contributed by atoms with Gasteiger partial charge in [0.1, 0.15) is 5.82 Å². The van der Waals surface area contributed by atoms with Crippen LogP contribution in [0.15, 0.2) is 59.4 Å². The van der Waals surface area contributed by atoms with Gasteiger partial charge in [-0.2, -0.15) is 18.3 Å². The molecule has 1 atom stereocenters. The van der Waals surface area contributed by atoms with Crippen molar-refractivity contribution in [1.82, 2.24) is 20.0 Å². The van der Waals surface area contributed by atoms with Crippen molar-refractivity contribution in [2.45, 2.75) is 19.1 Å². The van der Waals surface area contributed by atoms with Crippen LogP contribution in [-0.2, 0) is 6.18 Å². The predicted molar refractivity (Wildman–Crippen MR) is 115 cm³/mol. The van der Waals surface area contributed by atoms with Crippen molar-refractivity contribution in [3.8, 4) is 5.69 Å². The van der Waals surface area contributed by atoms with Gasteiger partial charge in [-0.15, -0.1) is 0 Å². The van der Waals surface area contributed by atoms with Crippen molar-refractivity contribution < 1.29 is 22.4 Å². The Labute approximate surface area is 187 Å². The molecule has 6 nitrogen and oxygen atoms in total. The number of rotatable bonds is 6. The molecule has 0 fully saturated rings. The summed E-state index contributed by atoms with van der Waals surface area (Å²) in [6, 6.07) is 11.1. The van der Waals surface area contributed by atoms with Crippen LogP contribution >= 0.6 is 0 Å². The lowest BCUT2D eigenvalue weighted by atomic mass is 10.1. The number of nitrogens with zero attached hydrogens (tertiary/aromatic N) is 3. The van der Waals surface area contributed by atoms with E-state index in [0.717, 1.165) is 22.9 Å². The molecule has 10 heteroatoms. The first-order valence-electron chi connectivity index (χ1n) is 9.96. The molecule has 2 aromatic carbocycles. The molecule has 0 aliphatic heterocycles. The number of aryl methyl sites for hydroxylation is 1. The Morgan fingerprint density at radius 3 is 2.45 bits per heavy atom. The van der Waals surface area contributed by atoms with Crippen molar-refractivity contribution in [3.05, 3.63) is 93.2 Å². The van der Waals surface area contributed by atoms with Crippen molar-refractivity contribution in [2.75, 3.05) is 20.6 Å². The number of carbonyl (C=O) groups excluding carboxylic acids is 1. The number of benzene rings is 2. The van der Waals surface area contributed by atoms with Crippen LogP contribution in [0, 0.1) is 12.7 Å². The zero-order valence-electron chi connectivity index (χ0n) is 18.2. The molecule has 0 bridgehead atoms. The molecule has 0 aliphatic carbocycles. The van der Waals surface area contributed by atoms with Crippen molar-refractivity contribution >= 4 is 5.91 Å². The zero-order valence-corrected chi connectivity index (χ0v) is 18.2. The fourth-order valence-electron chi connectivity index (χ4n) is 3.37. The third kappa shape index (κ3) is 5.64. The van der Waals surface area contributed by atoms with Crippen LogP contribution in [-0.4, -0.2) is 41.2 Å². The molecule has 1 unspecified atom stereocenters. The van der Waals surface area contributed by atoms with E-state index in [1.54, 1.807) is 31.1 Å². The highest BCUT2D eigenvalue weighted by Crippen LogP contribution is 2.30. The maximum absolute atomic E-state index is 13.6. The molecule has 33 heavy (non-hydrogen) atoms. The van der Waals surface area contributed by atoms with E-state index in [9.17, 15) is 27.2 Å². The highest BCUT2D eigenvalue weighted by molar-refractivity contribution is 5.92. The first kappa shape index (κ1) is 24.1. The smallest absolute Gasteiger partial charge is 0.349 e. The number of halogens is 4. The van der Waals surface area contributed by atoms with Gasteiger partial charge in [-0.1, -0.05) is 18.2 Å². The molecule has 1 aromatic heterocycles. The van der Waals surface area contributed by atoms with Crippen LogP contribution in [0.1, 0.15) is 33.4 Å². The molecule has 0 spiro atoms. The van der Waals surface area contributed by atoms with Gasteiger partial charge in [0.15, 0.2) is 5.69 Å². The summed E-state index contributed by atoms with van der Waals surface area (Å²) in [5.41, 5.74) is -1.06. The number of hydrogen-bond acceptors (Lipinski definition) is 4. The molecule has 1 amide bonds. The molecule has 0 saturated carbocycles. The minimum absolute atomic E-state index is 0.0494. The van der Waals surface area contributed by atoms with Gasteiger partial charge in [-0.3, -0.25) is 9.59 Å². The maximum atomic E-state index is 13.6. The fourth-order valence-corrected chi connectivity index (χ4v) is 3.37. The topological polar surface area (TPSA) is 67.2 Å². The van der Waals surface area contributed by atoms with Crippen molar-refractivity contribution in [2.24, 2.45) is 0 Å². The second-order valence-electron chi connectivity index (χ2n) is 7.70. The molecule has 3 rings (SSSR count). The fraction of sp³-hybridized carbons (Fsp3) is 0.261. The van der Waals surface area contributed by atoms with Gasteiger partial charge in [0.2, 0.25) is 5.43 Å². The average Bonchev–Trinajstić information content (AvgIpc) is 2.73. The predicted octanol–water partition coefficient (Wildman–Crippen LogP) is 3.73. The minimum atomic E-state index is -4.55. The molecule has 1 heterocycles. The van der Waals surface area contributed by atoms with Gasteiger partial charge in [0.05, 0.1) is 17.3 Å². The quantitative estimate of drug-likeness (QED) is 0.567. The average molecular weight is 462 g/mol. The largest absolute Gasteiger partial charge is 0.416 e. The van der Waals surface area contributed by atoms with Crippen LogP contribution in [0.25, 0.3) is 5.69 Å². The summed E-state index contributed by atoms with van der Waals surface area (Å²) in [6.45, 7) is 1.55. The van der Waals surface area contributed by atoms with Crippen molar-refractivity contribution in [1.29, 1.82) is 0 Å². The Morgan fingerprint density at radius 2 is 1.82 bits per heavy atom. The van der Waals surface area contributed by atoms with Crippen LogP contribution < -0.4 is 10.7 Å². The maximum Gasteiger partial charge on any atom is 0.416 e. The van der Waals surface area contributed by atoms with Crippen LogP contribution in [0.4, 0.5) is 17.6 Å². The Morgan fingerprint density at radius 1 is 1.12 bits per heavy atom. The third-order valence-electron chi connectivity index (χ3n) is 5.05. The standard InChI is InChI=1S/C23H22F4N4O2/c1-14-10-20(32)21(29-31(14)18-9-5-7-16(12-18)23(25,26)27)22(33)28-13-19(30(2)3)15-6-4-8-17(24)11-15/h4-12,19H,13H2,1-3H3,(H,28,33). The van der Waals surface area contributed by atoms with Gasteiger partial charge in [0, 0.05) is 18.3 Å². The summed E-state index contributed by atoms with van der Waals surface area (Å²) in [5.74, 6) is -1.21. The first-order valence-corrected chi connectivity index (χ1v) is 9.96. The van der Waals surface area contributed by atoms with E-state index < -0.39 is 34.6 Å². The number of carbonyl (C=O) groups is 1. The Hall–Kier alpha value is -3.53. The minimum Gasteiger partial charge on any atom is -0.349 e. The summed E-state index contributed by atoms with van der Waals surface area (Å²) in [7, 11) is 3.51. The van der Waals surface area contributed by atoms with E-state index in [2.05, 4.69) is 10.4 Å². The van der Waals surface area contributed by atoms with E-state index in [0.29, 0.717) is 5.56 Å². The van der Waals surface area contributed by atoms with E-state index in [1.165, 1.54) is 31.2 Å².